The molecule has 2 unspecified atom stereocenters. The second-order valence-corrected chi connectivity index (χ2v) is 7.63. The first-order chi connectivity index (χ1) is 13.6. The summed E-state index contributed by atoms with van der Waals surface area (Å²) in [6, 6.07) is 14.0. The van der Waals surface area contributed by atoms with Crippen LogP contribution >= 0.6 is 0 Å². The number of nitrogens with one attached hydrogen (secondary N) is 2. The van der Waals surface area contributed by atoms with E-state index in [2.05, 4.69) is 17.6 Å². The molecule has 2 aromatic carbocycles. The molecular weight excluding hydrogens is 355 g/mol. The molecule has 150 valence electrons. The molecule has 1 saturated heterocycles. The van der Waals surface area contributed by atoms with Gasteiger partial charge in [-0.15, -0.1) is 0 Å². The van der Waals surface area contributed by atoms with E-state index in [0.717, 1.165) is 30.0 Å². The fourth-order valence-corrected chi connectivity index (χ4v) is 3.59. The fraction of sp³-hybridized carbons (Fsp3) is 0.435. The van der Waals surface area contributed by atoms with Gasteiger partial charge in [0.05, 0.1) is 0 Å². The van der Waals surface area contributed by atoms with Crippen LogP contribution in [0.2, 0.25) is 0 Å². The molecule has 2 aromatic rings. The molecule has 4 nitrogen and oxygen atoms in total. The van der Waals surface area contributed by atoms with E-state index in [1.165, 1.54) is 25.0 Å². The summed E-state index contributed by atoms with van der Waals surface area (Å²) in [4.78, 5) is 12.2. The Morgan fingerprint density at radius 3 is 2.79 bits per heavy atom. The Balaban J connectivity index is 1.40. The number of hydrogen-bond acceptors (Lipinski definition) is 3. The lowest BCUT2D eigenvalue weighted by Gasteiger charge is -2.28. The molecule has 2 atom stereocenters. The molecule has 0 spiro atoms. The lowest BCUT2D eigenvalue weighted by atomic mass is 9.85. The second-order valence-electron chi connectivity index (χ2n) is 7.63. The number of halogens is 1. The number of hydrogen-bond donors (Lipinski definition) is 2. The molecule has 1 amide bonds. The maximum Gasteiger partial charge on any atom is 0.220 e. The van der Waals surface area contributed by atoms with E-state index in [4.69, 9.17) is 4.74 Å². The van der Waals surface area contributed by atoms with E-state index >= 15 is 0 Å². The normalized spacial score (nSPS) is 17.7. The smallest absolute Gasteiger partial charge is 0.220 e. The van der Waals surface area contributed by atoms with Crippen LogP contribution in [0.3, 0.4) is 0 Å². The van der Waals surface area contributed by atoms with Crippen molar-refractivity contribution >= 4 is 5.91 Å². The van der Waals surface area contributed by atoms with Gasteiger partial charge >= 0.3 is 0 Å². The van der Waals surface area contributed by atoms with Crippen molar-refractivity contribution in [2.45, 2.75) is 39.3 Å². The van der Waals surface area contributed by atoms with Crippen molar-refractivity contribution in [3.63, 3.8) is 0 Å². The summed E-state index contributed by atoms with van der Waals surface area (Å²) < 4.78 is 18.9. The maximum absolute atomic E-state index is 13.2. The summed E-state index contributed by atoms with van der Waals surface area (Å²) >= 11 is 0. The van der Waals surface area contributed by atoms with E-state index in [-0.39, 0.29) is 11.7 Å². The van der Waals surface area contributed by atoms with Gasteiger partial charge in [-0.25, -0.2) is 4.39 Å². The number of carbonyl (C=O) groups is 1. The van der Waals surface area contributed by atoms with Crippen molar-refractivity contribution < 1.29 is 13.9 Å². The van der Waals surface area contributed by atoms with E-state index in [1.807, 2.05) is 30.3 Å². The maximum atomic E-state index is 13.2. The summed E-state index contributed by atoms with van der Waals surface area (Å²) in [6.07, 6.45) is 2.98. The Labute approximate surface area is 166 Å². The Hall–Kier alpha value is -2.40. The first-order valence-corrected chi connectivity index (χ1v) is 10.0. The average molecular weight is 384 g/mol. The van der Waals surface area contributed by atoms with Gasteiger partial charge in [0.1, 0.15) is 18.2 Å². The minimum Gasteiger partial charge on any atom is -0.489 e. The Kier molecular flexibility index (Phi) is 7.43. The van der Waals surface area contributed by atoms with Gasteiger partial charge in [0, 0.05) is 13.0 Å². The predicted octanol–water partition coefficient (Wildman–Crippen LogP) is 4.05. The summed E-state index contributed by atoms with van der Waals surface area (Å²) in [7, 11) is 0. The summed E-state index contributed by atoms with van der Waals surface area (Å²) in [5, 5.41) is 6.42. The molecular formula is C23H29FN2O2. The standard InChI is InChI=1S/C23H29FN2O2/c1-17(20-5-3-11-25-15-20)12-23(27)26-14-18-7-9-22(10-8-18)28-16-19-4-2-6-21(24)13-19/h2,4,6-10,13,17,20,25H,3,5,11-12,14-16H2,1H3,(H,26,27). The largest absolute Gasteiger partial charge is 0.489 e. The van der Waals surface area contributed by atoms with Gasteiger partial charge in [-0.05, 0) is 73.2 Å². The first kappa shape index (κ1) is 20.3. The lowest BCUT2D eigenvalue weighted by Crippen LogP contribution is -2.35. The molecule has 0 aromatic heterocycles. The fourth-order valence-electron chi connectivity index (χ4n) is 3.59. The van der Waals surface area contributed by atoms with Crippen molar-refractivity contribution in [2.24, 2.45) is 11.8 Å². The Morgan fingerprint density at radius 1 is 1.25 bits per heavy atom. The molecule has 1 heterocycles. The minimum absolute atomic E-state index is 0.101. The lowest BCUT2D eigenvalue weighted by molar-refractivity contribution is -0.122. The van der Waals surface area contributed by atoms with Crippen LogP contribution in [-0.4, -0.2) is 19.0 Å². The zero-order valence-electron chi connectivity index (χ0n) is 16.4. The van der Waals surface area contributed by atoms with Crippen LogP contribution in [0.1, 0.15) is 37.3 Å². The van der Waals surface area contributed by atoms with Crippen molar-refractivity contribution in [3.05, 3.63) is 65.5 Å². The van der Waals surface area contributed by atoms with Gasteiger partial charge in [0.15, 0.2) is 0 Å². The predicted molar refractivity (Wildman–Crippen MR) is 108 cm³/mol. The summed E-state index contributed by atoms with van der Waals surface area (Å²) in [5.74, 6) is 1.55. The molecule has 28 heavy (non-hydrogen) atoms. The van der Waals surface area contributed by atoms with E-state index in [1.54, 1.807) is 6.07 Å². The van der Waals surface area contributed by atoms with Crippen LogP contribution in [0.5, 0.6) is 5.75 Å². The quantitative estimate of drug-likeness (QED) is 0.722. The minimum atomic E-state index is -0.263. The van der Waals surface area contributed by atoms with Crippen molar-refractivity contribution in [3.8, 4) is 5.75 Å². The van der Waals surface area contributed by atoms with Crippen LogP contribution in [0, 0.1) is 17.7 Å². The highest BCUT2D eigenvalue weighted by Gasteiger charge is 2.21. The molecule has 1 fully saturated rings. The van der Waals surface area contributed by atoms with Crippen LogP contribution in [0.25, 0.3) is 0 Å². The van der Waals surface area contributed by atoms with E-state index in [0.29, 0.717) is 31.4 Å². The second kappa shape index (κ2) is 10.2. The van der Waals surface area contributed by atoms with Gasteiger partial charge in [0.2, 0.25) is 5.91 Å². The molecule has 1 aliphatic rings. The third-order valence-corrected chi connectivity index (χ3v) is 5.35. The highest BCUT2D eigenvalue weighted by molar-refractivity contribution is 5.76. The van der Waals surface area contributed by atoms with Gasteiger partial charge in [0.25, 0.3) is 0 Å². The van der Waals surface area contributed by atoms with Crippen molar-refractivity contribution in [2.75, 3.05) is 13.1 Å². The highest BCUT2D eigenvalue weighted by Crippen LogP contribution is 2.22. The van der Waals surface area contributed by atoms with E-state index < -0.39 is 0 Å². The zero-order valence-corrected chi connectivity index (χ0v) is 16.4. The van der Waals surface area contributed by atoms with Crippen LogP contribution < -0.4 is 15.4 Å². The molecule has 0 saturated carbocycles. The van der Waals surface area contributed by atoms with Crippen molar-refractivity contribution in [1.82, 2.24) is 10.6 Å². The molecule has 1 aliphatic heterocycles. The third kappa shape index (κ3) is 6.34. The van der Waals surface area contributed by atoms with Crippen molar-refractivity contribution in [1.29, 1.82) is 0 Å². The molecule has 2 N–H and O–H groups in total. The number of ether oxygens (including phenoxy) is 1. The number of carbonyl (C=O) groups excluding carboxylic acids is 1. The van der Waals surface area contributed by atoms with E-state index in [9.17, 15) is 9.18 Å². The SMILES string of the molecule is CC(CC(=O)NCc1ccc(OCc2cccc(F)c2)cc1)C1CCCNC1. The Morgan fingerprint density at radius 2 is 2.07 bits per heavy atom. The Bertz CT molecular complexity index is 757. The summed E-state index contributed by atoms with van der Waals surface area (Å²) in [6.45, 7) is 5.12. The topological polar surface area (TPSA) is 50.4 Å². The zero-order chi connectivity index (χ0) is 19.8. The average Bonchev–Trinajstić information content (AvgIpc) is 2.72. The molecule has 0 radical (unpaired) electrons. The molecule has 0 aliphatic carbocycles. The summed E-state index contributed by atoms with van der Waals surface area (Å²) in [5.41, 5.74) is 1.82. The van der Waals surface area contributed by atoms with Crippen LogP contribution in [0.4, 0.5) is 4.39 Å². The third-order valence-electron chi connectivity index (χ3n) is 5.35. The van der Waals surface area contributed by atoms with Crippen LogP contribution in [-0.2, 0) is 17.9 Å². The van der Waals surface area contributed by atoms with Crippen LogP contribution in [0.15, 0.2) is 48.5 Å². The number of benzene rings is 2. The number of piperidine rings is 1. The van der Waals surface area contributed by atoms with Gasteiger partial charge in [-0.2, -0.15) is 0 Å². The molecule has 5 heteroatoms. The van der Waals surface area contributed by atoms with Gasteiger partial charge < -0.3 is 15.4 Å². The number of rotatable bonds is 8. The number of amides is 1. The molecule has 0 bridgehead atoms. The van der Waals surface area contributed by atoms with Gasteiger partial charge in [-0.1, -0.05) is 31.2 Å². The van der Waals surface area contributed by atoms with Gasteiger partial charge in [-0.3, -0.25) is 4.79 Å². The first-order valence-electron chi connectivity index (χ1n) is 10.0. The highest BCUT2D eigenvalue weighted by atomic mass is 19.1. The molecule has 3 rings (SSSR count). The monoisotopic (exact) mass is 384 g/mol.